The van der Waals surface area contributed by atoms with Crippen molar-refractivity contribution < 1.29 is 4.48 Å². The van der Waals surface area contributed by atoms with Gasteiger partial charge in [0.15, 0.2) is 0 Å². The summed E-state index contributed by atoms with van der Waals surface area (Å²) >= 11 is 0. The maximum atomic E-state index is 11.9. The molecule has 0 amide bonds. The van der Waals surface area contributed by atoms with Gasteiger partial charge in [-0.2, -0.15) is 10.2 Å². The van der Waals surface area contributed by atoms with Crippen LogP contribution in [0.3, 0.4) is 0 Å². The third-order valence-corrected chi connectivity index (χ3v) is 0.799. The highest BCUT2D eigenvalue weighted by atomic mass is 19.2. The number of hydrazone groups is 1. The lowest BCUT2D eigenvalue weighted by atomic mass is 10.6. The van der Waals surface area contributed by atoms with Crippen LogP contribution in [0.15, 0.2) is 5.10 Å². The van der Waals surface area contributed by atoms with E-state index in [1.165, 1.54) is 0 Å². The first-order chi connectivity index (χ1) is 3.30. The summed E-state index contributed by atoms with van der Waals surface area (Å²) in [6.07, 6.45) is 0.810. The third-order valence-electron chi connectivity index (χ3n) is 0.799. The zero-order chi connectivity index (χ0) is 5.28. The lowest BCUT2D eigenvalue weighted by Crippen LogP contribution is -2.26. The Balaban J connectivity index is 2.45. The number of rotatable bonds is 0. The molecule has 0 saturated carbocycles. The maximum absolute atomic E-state index is 11.9. The molecule has 0 aromatic carbocycles. The molecule has 0 fully saturated rings. The number of nitrogens with zero attached hydrogens (tertiary/aromatic N) is 2. The Bertz CT molecular complexity index is 92.2. The molecular formula is C3H6FN3. The fraction of sp³-hybridized carbons (Fsp3) is 0.667. The van der Waals surface area contributed by atoms with Crippen LogP contribution < -0.4 is 5.43 Å². The molecule has 1 unspecified atom stereocenters. The molecule has 40 valence electrons. The van der Waals surface area contributed by atoms with Crippen LogP contribution in [0.25, 0.3) is 0 Å². The van der Waals surface area contributed by atoms with E-state index in [1.807, 2.05) is 0 Å². The van der Waals surface area contributed by atoms with Crippen molar-refractivity contribution in [1.82, 2.24) is 10.5 Å². The molecule has 1 atom stereocenters. The molecule has 1 aliphatic heterocycles. The highest BCUT2D eigenvalue weighted by molar-refractivity contribution is 5.54. The second kappa shape index (κ2) is 1.36. The third kappa shape index (κ3) is 0.629. The molecule has 1 N–H and O–H groups in total. The van der Waals surface area contributed by atoms with E-state index in [1.54, 1.807) is 6.92 Å². The zero-order valence-electron chi connectivity index (χ0n) is 3.93. The minimum Gasteiger partial charge on any atom is -0.284 e. The van der Waals surface area contributed by atoms with E-state index in [0.717, 1.165) is 6.34 Å². The van der Waals surface area contributed by atoms with Gasteiger partial charge in [-0.3, -0.25) is 5.43 Å². The minimum absolute atomic E-state index is 0.292. The van der Waals surface area contributed by atoms with E-state index in [0.29, 0.717) is 5.12 Å². The van der Waals surface area contributed by atoms with Gasteiger partial charge < -0.3 is 0 Å². The molecule has 7 heavy (non-hydrogen) atoms. The highest BCUT2D eigenvalue weighted by Gasteiger charge is 2.11. The SMILES string of the molecule is CC1NN=CN1F. The van der Waals surface area contributed by atoms with Crippen molar-refractivity contribution in [1.29, 1.82) is 0 Å². The van der Waals surface area contributed by atoms with Crippen LogP contribution in [0.4, 0.5) is 4.48 Å². The molecule has 0 radical (unpaired) electrons. The van der Waals surface area contributed by atoms with E-state index in [-0.39, 0.29) is 6.17 Å². The van der Waals surface area contributed by atoms with Crippen LogP contribution in [0.5, 0.6) is 0 Å². The van der Waals surface area contributed by atoms with Crippen LogP contribution in [-0.2, 0) is 0 Å². The van der Waals surface area contributed by atoms with E-state index in [9.17, 15) is 4.48 Å². The Labute approximate surface area is 40.7 Å². The van der Waals surface area contributed by atoms with Crippen molar-refractivity contribution in [2.24, 2.45) is 5.10 Å². The molecule has 3 nitrogen and oxygen atoms in total. The predicted octanol–water partition coefficient (Wildman–Crippen LogP) is 0.0654. The maximum Gasteiger partial charge on any atom is 0.144 e. The lowest BCUT2D eigenvalue weighted by Gasteiger charge is -2.05. The Morgan fingerprint density at radius 3 is 2.86 bits per heavy atom. The van der Waals surface area contributed by atoms with Gasteiger partial charge in [0, 0.05) is 0 Å². The van der Waals surface area contributed by atoms with Gasteiger partial charge in [0.1, 0.15) is 12.5 Å². The number of hydrogen-bond acceptors (Lipinski definition) is 3. The molecule has 1 aliphatic rings. The van der Waals surface area contributed by atoms with Crippen LogP contribution in [-0.4, -0.2) is 17.6 Å². The zero-order valence-corrected chi connectivity index (χ0v) is 3.93. The van der Waals surface area contributed by atoms with E-state index in [2.05, 4.69) is 10.5 Å². The molecule has 4 heteroatoms. The number of halogens is 1. The Kier molecular flexibility index (Phi) is 0.850. The molecule has 0 spiro atoms. The first-order valence-corrected chi connectivity index (χ1v) is 2.03. The fourth-order valence-electron chi connectivity index (χ4n) is 0.352. The predicted molar refractivity (Wildman–Crippen MR) is 24.0 cm³/mol. The van der Waals surface area contributed by atoms with Gasteiger partial charge in [0.25, 0.3) is 0 Å². The summed E-state index contributed by atoms with van der Waals surface area (Å²) in [5, 5.41) is 3.92. The van der Waals surface area contributed by atoms with Gasteiger partial charge in [0.2, 0.25) is 0 Å². The van der Waals surface area contributed by atoms with Crippen LogP contribution in [0, 0.1) is 0 Å². The summed E-state index contributed by atoms with van der Waals surface area (Å²) < 4.78 is 11.9. The molecule has 1 heterocycles. The van der Waals surface area contributed by atoms with Gasteiger partial charge >= 0.3 is 0 Å². The molecule has 0 bridgehead atoms. The Morgan fingerprint density at radius 1 is 2.00 bits per heavy atom. The molecule has 1 rings (SSSR count). The Hall–Kier alpha value is -0.800. The molecule has 0 aliphatic carbocycles. The van der Waals surface area contributed by atoms with Gasteiger partial charge in [-0.1, -0.05) is 4.48 Å². The van der Waals surface area contributed by atoms with Crippen LogP contribution >= 0.6 is 0 Å². The summed E-state index contributed by atoms with van der Waals surface area (Å²) in [4.78, 5) is 0. The average Bonchev–Trinajstić information content (AvgIpc) is 1.91. The quantitative estimate of drug-likeness (QED) is 0.439. The summed E-state index contributed by atoms with van der Waals surface area (Å²) in [5.74, 6) is 0. The van der Waals surface area contributed by atoms with Crippen LogP contribution in [0.2, 0.25) is 0 Å². The first kappa shape index (κ1) is 4.36. The van der Waals surface area contributed by atoms with Gasteiger partial charge in [-0.15, -0.1) is 0 Å². The van der Waals surface area contributed by atoms with Crippen molar-refractivity contribution in [3.63, 3.8) is 0 Å². The average molecular weight is 103 g/mol. The van der Waals surface area contributed by atoms with Crippen molar-refractivity contribution in [2.75, 3.05) is 0 Å². The van der Waals surface area contributed by atoms with Crippen LogP contribution in [0.1, 0.15) is 6.92 Å². The summed E-state index contributed by atoms with van der Waals surface area (Å²) in [6.45, 7) is 1.67. The summed E-state index contributed by atoms with van der Waals surface area (Å²) in [5.41, 5.74) is 2.49. The normalized spacial score (nSPS) is 28.3. The topological polar surface area (TPSA) is 27.6 Å². The Morgan fingerprint density at radius 2 is 2.71 bits per heavy atom. The number of hydrogen-bond donors (Lipinski definition) is 1. The second-order valence-electron chi connectivity index (χ2n) is 1.39. The molecule has 0 aromatic rings. The molecule has 0 saturated heterocycles. The van der Waals surface area contributed by atoms with Crippen molar-refractivity contribution in [3.8, 4) is 0 Å². The van der Waals surface area contributed by atoms with Crippen molar-refractivity contribution >= 4 is 6.34 Å². The minimum atomic E-state index is -0.292. The standard InChI is InChI=1S/C3H6FN3/c1-3-6-5-2-7(3)4/h2-3,6H,1H3. The van der Waals surface area contributed by atoms with Gasteiger partial charge in [-0.05, 0) is 6.92 Å². The number of nitrogens with one attached hydrogen (secondary N) is 1. The largest absolute Gasteiger partial charge is 0.284 e. The van der Waals surface area contributed by atoms with Gasteiger partial charge in [0.05, 0.1) is 0 Å². The van der Waals surface area contributed by atoms with E-state index < -0.39 is 0 Å². The van der Waals surface area contributed by atoms with Crippen molar-refractivity contribution in [3.05, 3.63) is 0 Å². The van der Waals surface area contributed by atoms with E-state index >= 15 is 0 Å². The fourth-order valence-corrected chi connectivity index (χ4v) is 0.352. The highest BCUT2D eigenvalue weighted by Crippen LogP contribution is 1.96. The molecule has 0 aromatic heterocycles. The molecular weight excluding hydrogens is 97.1 g/mol. The second-order valence-corrected chi connectivity index (χ2v) is 1.39. The monoisotopic (exact) mass is 103 g/mol. The lowest BCUT2D eigenvalue weighted by molar-refractivity contribution is 0.0828. The summed E-state index contributed by atoms with van der Waals surface area (Å²) in [6, 6.07) is 0. The summed E-state index contributed by atoms with van der Waals surface area (Å²) in [7, 11) is 0. The van der Waals surface area contributed by atoms with Gasteiger partial charge in [-0.25, -0.2) is 0 Å². The first-order valence-electron chi connectivity index (χ1n) is 2.03. The van der Waals surface area contributed by atoms with Crippen molar-refractivity contribution in [2.45, 2.75) is 13.1 Å². The van der Waals surface area contributed by atoms with E-state index in [4.69, 9.17) is 0 Å². The smallest absolute Gasteiger partial charge is 0.144 e.